The van der Waals surface area contributed by atoms with Crippen molar-refractivity contribution < 1.29 is 13.9 Å². The number of likely N-dealkylation sites (N-methyl/N-ethyl adjacent to an activating group) is 2. The fraction of sp³-hybridized carbons (Fsp3) is 0.444. The minimum absolute atomic E-state index is 0.0285. The predicted molar refractivity (Wildman–Crippen MR) is 91.3 cm³/mol. The largest absolute Gasteiger partial charge is 0.484 e. The maximum atomic E-state index is 12.3. The van der Waals surface area contributed by atoms with Gasteiger partial charge in [-0.2, -0.15) is 0 Å². The molecule has 24 heavy (non-hydrogen) atoms. The molecule has 0 N–H and O–H groups in total. The molecule has 1 aliphatic heterocycles. The van der Waals surface area contributed by atoms with Crippen LogP contribution < -0.4 is 10.4 Å². The van der Waals surface area contributed by atoms with E-state index in [1.807, 2.05) is 7.05 Å². The SMILES string of the molecule is CN1CCC[C@@H](N(C)C(=O)COc2ccc3ccc(=O)oc3c2)C1. The predicted octanol–water partition coefficient (Wildman–Crippen LogP) is 1.72. The molecule has 128 valence electrons. The van der Waals surface area contributed by atoms with Gasteiger partial charge in [-0.15, -0.1) is 0 Å². The summed E-state index contributed by atoms with van der Waals surface area (Å²) in [4.78, 5) is 27.6. The van der Waals surface area contributed by atoms with Crippen molar-refractivity contribution >= 4 is 16.9 Å². The van der Waals surface area contributed by atoms with E-state index in [2.05, 4.69) is 11.9 Å². The first-order valence-electron chi connectivity index (χ1n) is 8.14. The maximum Gasteiger partial charge on any atom is 0.336 e. The lowest BCUT2D eigenvalue weighted by Gasteiger charge is -2.35. The number of nitrogens with zero attached hydrogens (tertiary/aromatic N) is 2. The second kappa shape index (κ2) is 7.05. The molecular formula is C18H22N2O4. The van der Waals surface area contributed by atoms with E-state index in [4.69, 9.17) is 9.15 Å². The summed E-state index contributed by atoms with van der Waals surface area (Å²) >= 11 is 0. The summed E-state index contributed by atoms with van der Waals surface area (Å²) in [6, 6.07) is 8.52. The van der Waals surface area contributed by atoms with Crippen LogP contribution >= 0.6 is 0 Å². The van der Waals surface area contributed by atoms with Crippen LogP contribution in [0.3, 0.4) is 0 Å². The van der Waals surface area contributed by atoms with Gasteiger partial charge in [-0.1, -0.05) is 0 Å². The molecule has 2 heterocycles. The number of ether oxygens (including phenoxy) is 1. The van der Waals surface area contributed by atoms with Gasteiger partial charge in [0.2, 0.25) is 0 Å². The Kier molecular flexibility index (Phi) is 4.85. The Labute approximate surface area is 140 Å². The van der Waals surface area contributed by atoms with Crippen molar-refractivity contribution in [3.63, 3.8) is 0 Å². The summed E-state index contributed by atoms with van der Waals surface area (Å²) in [5, 5.41) is 0.815. The molecule has 6 heteroatoms. The average Bonchev–Trinajstić information content (AvgIpc) is 2.58. The molecule has 0 unspecified atom stereocenters. The van der Waals surface area contributed by atoms with Crippen molar-refractivity contribution in [2.24, 2.45) is 0 Å². The Morgan fingerprint density at radius 2 is 2.17 bits per heavy atom. The van der Waals surface area contributed by atoms with E-state index in [0.717, 1.165) is 31.3 Å². The van der Waals surface area contributed by atoms with Crippen LogP contribution in [0.1, 0.15) is 12.8 Å². The fourth-order valence-corrected chi connectivity index (χ4v) is 3.04. The molecule has 1 fully saturated rings. The minimum Gasteiger partial charge on any atom is -0.484 e. The molecule has 1 aliphatic rings. The maximum absolute atomic E-state index is 12.3. The average molecular weight is 330 g/mol. The van der Waals surface area contributed by atoms with Crippen molar-refractivity contribution in [2.45, 2.75) is 18.9 Å². The summed E-state index contributed by atoms with van der Waals surface area (Å²) in [5.41, 5.74) is 0.0478. The van der Waals surface area contributed by atoms with Crippen LogP contribution in [-0.2, 0) is 4.79 Å². The number of fused-ring (bicyclic) bond motifs is 1. The molecule has 0 bridgehead atoms. The Balaban J connectivity index is 1.62. The Morgan fingerprint density at radius 3 is 2.96 bits per heavy atom. The van der Waals surface area contributed by atoms with Crippen molar-refractivity contribution in [2.75, 3.05) is 33.8 Å². The highest BCUT2D eigenvalue weighted by Crippen LogP contribution is 2.20. The fourth-order valence-electron chi connectivity index (χ4n) is 3.04. The van der Waals surface area contributed by atoms with Crippen LogP contribution in [0.5, 0.6) is 5.75 Å². The zero-order valence-corrected chi connectivity index (χ0v) is 14.0. The summed E-state index contributed by atoms with van der Waals surface area (Å²) < 4.78 is 10.7. The summed E-state index contributed by atoms with van der Waals surface area (Å²) in [6.07, 6.45) is 2.12. The molecule has 0 radical (unpaired) electrons. The third kappa shape index (κ3) is 3.76. The highest BCUT2D eigenvalue weighted by Gasteiger charge is 2.24. The molecule has 1 aromatic heterocycles. The van der Waals surface area contributed by atoms with Crippen LogP contribution in [0, 0.1) is 0 Å². The third-order valence-corrected chi connectivity index (χ3v) is 4.50. The number of benzene rings is 1. The monoisotopic (exact) mass is 330 g/mol. The number of rotatable bonds is 4. The van der Waals surface area contributed by atoms with Gasteiger partial charge in [-0.3, -0.25) is 4.79 Å². The van der Waals surface area contributed by atoms with E-state index in [0.29, 0.717) is 11.3 Å². The van der Waals surface area contributed by atoms with Gasteiger partial charge < -0.3 is 19.0 Å². The first-order chi connectivity index (χ1) is 11.5. The van der Waals surface area contributed by atoms with E-state index in [1.165, 1.54) is 6.07 Å². The van der Waals surface area contributed by atoms with Crippen LogP contribution in [0.15, 0.2) is 39.5 Å². The highest BCUT2D eigenvalue weighted by molar-refractivity contribution is 5.79. The topological polar surface area (TPSA) is 63.0 Å². The van der Waals surface area contributed by atoms with E-state index in [9.17, 15) is 9.59 Å². The number of likely N-dealkylation sites (tertiary alicyclic amines) is 1. The van der Waals surface area contributed by atoms with Crippen molar-refractivity contribution in [1.82, 2.24) is 9.80 Å². The third-order valence-electron chi connectivity index (χ3n) is 4.50. The minimum atomic E-state index is -0.406. The second-order valence-corrected chi connectivity index (χ2v) is 6.31. The molecule has 0 aliphatic carbocycles. The first kappa shape index (κ1) is 16.5. The highest BCUT2D eigenvalue weighted by atomic mass is 16.5. The molecule has 3 rings (SSSR count). The number of amides is 1. The summed E-state index contributed by atoms with van der Waals surface area (Å²) in [7, 11) is 3.90. The van der Waals surface area contributed by atoms with E-state index < -0.39 is 5.63 Å². The number of hydrogen-bond donors (Lipinski definition) is 0. The first-order valence-corrected chi connectivity index (χ1v) is 8.14. The van der Waals surface area contributed by atoms with Gasteiger partial charge in [0.05, 0.1) is 0 Å². The van der Waals surface area contributed by atoms with E-state index in [1.54, 1.807) is 29.2 Å². The lowest BCUT2D eigenvalue weighted by atomic mass is 10.1. The van der Waals surface area contributed by atoms with E-state index in [-0.39, 0.29) is 18.6 Å². The number of carbonyl (C=O) groups excluding carboxylic acids is 1. The molecule has 0 saturated carbocycles. The van der Waals surface area contributed by atoms with Gasteiger partial charge in [-0.25, -0.2) is 4.79 Å². The van der Waals surface area contributed by atoms with Crippen LogP contribution in [-0.4, -0.2) is 55.5 Å². The molecule has 1 aromatic carbocycles. The molecule has 1 saturated heterocycles. The lowest BCUT2D eigenvalue weighted by Crippen LogP contribution is -2.48. The Bertz CT molecular complexity index is 786. The standard InChI is InChI=1S/C18H22N2O4/c1-19-9-3-4-14(11-19)20(2)17(21)12-23-15-7-5-13-6-8-18(22)24-16(13)10-15/h5-8,10,14H,3-4,9,11-12H2,1-2H3/t14-/m1/s1. The normalized spacial score (nSPS) is 18.5. The van der Waals surface area contributed by atoms with Crippen molar-refractivity contribution in [1.29, 1.82) is 0 Å². The quantitative estimate of drug-likeness (QED) is 0.799. The van der Waals surface area contributed by atoms with Gasteiger partial charge in [-0.05, 0) is 44.6 Å². The molecule has 2 aromatic rings. The van der Waals surface area contributed by atoms with Crippen molar-refractivity contribution in [3.05, 3.63) is 40.8 Å². The zero-order valence-electron chi connectivity index (χ0n) is 14.0. The lowest BCUT2D eigenvalue weighted by molar-refractivity contribution is -0.135. The van der Waals surface area contributed by atoms with Gasteiger partial charge >= 0.3 is 5.63 Å². The molecule has 0 spiro atoms. The zero-order chi connectivity index (χ0) is 17.1. The number of piperidine rings is 1. The van der Waals surface area contributed by atoms with Crippen molar-refractivity contribution in [3.8, 4) is 5.75 Å². The smallest absolute Gasteiger partial charge is 0.336 e. The van der Waals surface area contributed by atoms with Crippen LogP contribution in [0.25, 0.3) is 11.0 Å². The molecule has 1 atom stereocenters. The molecule has 6 nitrogen and oxygen atoms in total. The molecular weight excluding hydrogens is 308 g/mol. The van der Waals surface area contributed by atoms with Crippen LogP contribution in [0.2, 0.25) is 0 Å². The van der Waals surface area contributed by atoms with Gasteiger partial charge in [0.15, 0.2) is 6.61 Å². The second-order valence-electron chi connectivity index (χ2n) is 6.31. The number of carbonyl (C=O) groups is 1. The van der Waals surface area contributed by atoms with Gasteiger partial charge in [0.1, 0.15) is 11.3 Å². The molecule has 1 amide bonds. The summed E-state index contributed by atoms with van der Waals surface area (Å²) in [5.74, 6) is 0.462. The van der Waals surface area contributed by atoms with Crippen LogP contribution in [0.4, 0.5) is 0 Å². The van der Waals surface area contributed by atoms with Gasteiger partial charge in [0, 0.05) is 37.2 Å². The number of hydrogen-bond acceptors (Lipinski definition) is 5. The summed E-state index contributed by atoms with van der Waals surface area (Å²) in [6.45, 7) is 1.94. The Hall–Kier alpha value is -2.34. The Morgan fingerprint density at radius 1 is 1.38 bits per heavy atom. The van der Waals surface area contributed by atoms with E-state index >= 15 is 0 Å². The van der Waals surface area contributed by atoms with Gasteiger partial charge in [0.25, 0.3) is 5.91 Å².